The van der Waals surface area contributed by atoms with E-state index in [1.165, 1.54) is 0 Å². The van der Waals surface area contributed by atoms with Gasteiger partial charge in [0, 0.05) is 36.9 Å². The lowest BCUT2D eigenvalue weighted by atomic mass is 9.81. The fourth-order valence-corrected chi connectivity index (χ4v) is 4.73. The molecule has 2 aliphatic rings. The van der Waals surface area contributed by atoms with Gasteiger partial charge >= 0.3 is 0 Å². The number of Topliss-reactive ketones (excluding diaryl/α,β-unsaturated/α-hetero) is 2. The summed E-state index contributed by atoms with van der Waals surface area (Å²) >= 11 is 1.95. The van der Waals surface area contributed by atoms with E-state index in [0.717, 1.165) is 43.8 Å². The van der Waals surface area contributed by atoms with Gasteiger partial charge in [-0.25, -0.2) is 0 Å². The van der Waals surface area contributed by atoms with Gasteiger partial charge in [0.05, 0.1) is 18.8 Å². The largest absolute Gasteiger partial charge is 0.378 e. The van der Waals surface area contributed by atoms with Crippen LogP contribution in [0.2, 0.25) is 0 Å². The Morgan fingerprint density at radius 2 is 2.00 bits per heavy atom. The number of hydrogen-bond donors (Lipinski definition) is 0. The number of ketones is 2. The van der Waals surface area contributed by atoms with Crippen LogP contribution in [0.4, 0.5) is 0 Å². The smallest absolute Gasteiger partial charge is 0.168 e. The second-order valence-corrected chi connectivity index (χ2v) is 8.51. The molecule has 5 heteroatoms. The van der Waals surface area contributed by atoms with E-state index in [1.807, 2.05) is 18.7 Å². The van der Waals surface area contributed by atoms with E-state index >= 15 is 0 Å². The molecule has 2 atom stereocenters. The highest BCUT2D eigenvalue weighted by atomic mass is 32.2. The number of carbonyl (C=O) groups is 2. The quantitative estimate of drug-likeness (QED) is 0.626. The van der Waals surface area contributed by atoms with Crippen LogP contribution in [0.5, 0.6) is 0 Å². The maximum Gasteiger partial charge on any atom is 0.168 e. The first-order valence-corrected chi connectivity index (χ1v) is 10.4. The first-order valence-electron chi connectivity index (χ1n) is 9.30. The molecule has 0 radical (unpaired) electrons. The lowest BCUT2D eigenvalue weighted by molar-refractivity contribution is -0.123. The van der Waals surface area contributed by atoms with E-state index in [0.29, 0.717) is 42.8 Å². The SMILES string of the molecule is CCCC(=O)C1=C(N2CCOCC2)C[C@@H](C[C@H](C)SCC)CC1=O. The Kier molecular flexibility index (Phi) is 7.82. The molecule has 0 N–H and O–H groups in total. The predicted octanol–water partition coefficient (Wildman–Crippen LogP) is 3.45. The number of allylic oxidation sites excluding steroid dienone is 2. The maximum absolute atomic E-state index is 12.8. The summed E-state index contributed by atoms with van der Waals surface area (Å²) in [6, 6.07) is 0. The second-order valence-electron chi connectivity index (χ2n) is 6.79. The molecule has 1 heterocycles. The minimum absolute atomic E-state index is 0.0402. The summed E-state index contributed by atoms with van der Waals surface area (Å²) < 4.78 is 5.45. The number of nitrogens with zero attached hydrogens (tertiary/aromatic N) is 1. The van der Waals surface area contributed by atoms with Crippen molar-refractivity contribution in [2.45, 2.75) is 58.1 Å². The summed E-state index contributed by atoms with van der Waals surface area (Å²) in [6.45, 7) is 9.35. The van der Waals surface area contributed by atoms with Crippen LogP contribution in [0.25, 0.3) is 0 Å². The number of carbonyl (C=O) groups excluding carboxylic acids is 2. The van der Waals surface area contributed by atoms with Crippen molar-refractivity contribution in [3.8, 4) is 0 Å². The van der Waals surface area contributed by atoms with Crippen LogP contribution < -0.4 is 0 Å². The van der Waals surface area contributed by atoms with Gasteiger partial charge in [0.2, 0.25) is 0 Å². The monoisotopic (exact) mass is 353 g/mol. The van der Waals surface area contributed by atoms with Gasteiger partial charge in [-0.2, -0.15) is 11.8 Å². The van der Waals surface area contributed by atoms with Crippen molar-refractivity contribution >= 4 is 23.3 Å². The van der Waals surface area contributed by atoms with Crippen LogP contribution in [0.3, 0.4) is 0 Å². The van der Waals surface area contributed by atoms with Gasteiger partial charge in [0.1, 0.15) is 0 Å². The molecule has 0 unspecified atom stereocenters. The molecule has 0 saturated carbocycles. The fourth-order valence-electron chi connectivity index (χ4n) is 3.75. The normalized spacial score (nSPS) is 23.5. The van der Waals surface area contributed by atoms with Crippen molar-refractivity contribution in [2.24, 2.45) is 5.92 Å². The standard InChI is InChI=1S/C19H31NO3S/c1-4-6-17(21)19-16(20-7-9-23-10-8-20)12-15(13-18(19)22)11-14(3)24-5-2/h14-15H,4-13H2,1-3H3/t14-,15+/m0/s1. The zero-order chi connectivity index (χ0) is 17.5. The molecule has 2 rings (SSSR count). The van der Waals surface area contributed by atoms with Gasteiger partial charge in [-0.15, -0.1) is 0 Å². The first kappa shape index (κ1) is 19.5. The van der Waals surface area contributed by atoms with Crippen LogP contribution in [-0.4, -0.2) is 53.8 Å². The van der Waals surface area contributed by atoms with Gasteiger partial charge in [-0.1, -0.05) is 20.8 Å². The van der Waals surface area contributed by atoms with Gasteiger partial charge in [-0.05, 0) is 30.9 Å². The van der Waals surface area contributed by atoms with Crippen LogP contribution in [0.15, 0.2) is 11.3 Å². The zero-order valence-electron chi connectivity index (χ0n) is 15.3. The van der Waals surface area contributed by atoms with E-state index in [4.69, 9.17) is 4.74 Å². The summed E-state index contributed by atoms with van der Waals surface area (Å²) in [6.07, 6.45) is 3.72. The first-order chi connectivity index (χ1) is 11.6. The lowest BCUT2D eigenvalue weighted by Gasteiger charge is -2.37. The van der Waals surface area contributed by atoms with Crippen LogP contribution in [-0.2, 0) is 14.3 Å². The molecule has 24 heavy (non-hydrogen) atoms. The average Bonchev–Trinajstić information content (AvgIpc) is 2.55. The molecule has 1 aliphatic carbocycles. The molecule has 1 fully saturated rings. The van der Waals surface area contributed by atoms with Crippen molar-refractivity contribution < 1.29 is 14.3 Å². The maximum atomic E-state index is 12.8. The predicted molar refractivity (Wildman–Crippen MR) is 99.3 cm³/mol. The number of thioether (sulfide) groups is 1. The molecule has 0 spiro atoms. The molecule has 1 saturated heterocycles. The molecule has 0 aromatic rings. The van der Waals surface area contributed by atoms with Crippen LogP contribution in [0, 0.1) is 5.92 Å². The van der Waals surface area contributed by atoms with E-state index in [-0.39, 0.29) is 11.6 Å². The minimum atomic E-state index is 0.0402. The second kappa shape index (κ2) is 9.62. The molecule has 1 aliphatic heterocycles. The third-order valence-corrected chi connectivity index (χ3v) is 5.88. The van der Waals surface area contributed by atoms with Crippen LogP contribution >= 0.6 is 11.8 Å². The molecule has 0 aromatic carbocycles. The number of hydrogen-bond acceptors (Lipinski definition) is 5. The molecular weight excluding hydrogens is 322 g/mol. The third kappa shape index (κ3) is 5.09. The van der Waals surface area contributed by atoms with Crippen molar-refractivity contribution in [3.05, 3.63) is 11.3 Å². The van der Waals surface area contributed by atoms with Gasteiger partial charge < -0.3 is 9.64 Å². The summed E-state index contributed by atoms with van der Waals surface area (Å²) in [4.78, 5) is 27.6. The molecule has 0 amide bonds. The van der Waals surface area contributed by atoms with Gasteiger partial charge in [-0.3, -0.25) is 9.59 Å². The summed E-state index contributed by atoms with van der Waals surface area (Å²) in [7, 11) is 0. The Bertz CT molecular complexity index is 483. The molecule has 0 bridgehead atoms. The van der Waals surface area contributed by atoms with Crippen molar-refractivity contribution in [2.75, 3.05) is 32.1 Å². The summed E-state index contributed by atoms with van der Waals surface area (Å²) in [5.74, 6) is 1.58. The van der Waals surface area contributed by atoms with Crippen molar-refractivity contribution in [1.82, 2.24) is 4.90 Å². The van der Waals surface area contributed by atoms with E-state index in [2.05, 4.69) is 18.7 Å². The molecule has 4 nitrogen and oxygen atoms in total. The summed E-state index contributed by atoms with van der Waals surface area (Å²) in [5.41, 5.74) is 1.51. The van der Waals surface area contributed by atoms with Crippen molar-refractivity contribution in [1.29, 1.82) is 0 Å². The van der Waals surface area contributed by atoms with E-state index < -0.39 is 0 Å². The lowest BCUT2D eigenvalue weighted by Crippen LogP contribution is -2.40. The zero-order valence-corrected chi connectivity index (χ0v) is 16.1. The highest BCUT2D eigenvalue weighted by Crippen LogP contribution is 2.35. The fraction of sp³-hybridized carbons (Fsp3) is 0.789. The number of rotatable bonds is 8. The Morgan fingerprint density at radius 3 is 2.62 bits per heavy atom. The number of morpholine rings is 1. The van der Waals surface area contributed by atoms with Gasteiger partial charge in [0.25, 0.3) is 0 Å². The number of ether oxygens (including phenoxy) is 1. The van der Waals surface area contributed by atoms with Gasteiger partial charge in [0.15, 0.2) is 11.6 Å². The topological polar surface area (TPSA) is 46.6 Å². The highest BCUT2D eigenvalue weighted by molar-refractivity contribution is 7.99. The van der Waals surface area contributed by atoms with Crippen LogP contribution in [0.1, 0.15) is 52.9 Å². The minimum Gasteiger partial charge on any atom is -0.378 e. The molecular formula is C19H31NO3S. The Morgan fingerprint density at radius 1 is 1.29 bits per heavy atom. The highest BCUT2D eigenvalue weighted by Gasteiger charge is 2.34. The average molecular weight is 354 g/mol. The van der Waals surface area contributed by atoms with E-state index in [9.17, 15) is 9.59 Å². The Balaban J connectivity index is 2.21. The summed E-state index contributed by atoms with van der Waals surface area (Å²) in [5, 5.41) is 0.562. The molecule has 136 valence electrons. The van der Waals surface area contributed by atoms with Crippen molar-refractivity contribution in [3.63, 3.8) is 0 Å². The molecule has 0 aromatic heterocycles. The third-order valence-electron chi connectivity index (χ3n) is 4.79. The Labute approximate surface area is 150 Å². The Hall–Kier alpha value is -0.810. The van der Waals surface area contributed by atoms with E-state index in [1.54, 1.807) is 0 Å².